The fourth-order valence-electron chi connectivity index (χ4n) is 4.81. The van der Waals surface area contributed by atoms with Gasteiger partial charge in [0, 0.05) is 42.8 Å². The highest BCUT2D eigenvalue weighted by Gasteiger charge is 2.27. The molecule has 208 valence electrons. The standard InChI is InChI=1S/C31H31ClN2O5S/c1-37-24-7-5-6-23(18-24)26(39-20-21-10-12-22(13-11-21)31(36)38-2)19-33-14-16-34(17-15-33)30(35)29-28(32)25-8-3-4-9-27(25)40-29/h3-13,18,26H,14-17,19-20H2,1-2H3/t26-/m1/s1. The van der Waals surface area contributed by atoms with E-state index in [0.717, 1.165) is 40.1 Å². The molecule has 1 saturated heterocycles. The predicted octanol–water partition coefficient (Wildman–Crippen LogP) is 6.07. The van der Waals surface area contributed by atoms with E-state index in [1.165, 1.54) is 18.4 Å². The summed E-state index contributed by atoms with van der Waals surface area (Å²) in [6, 6.07) is 23.0. The third-order valence-electron chi connectivity index (χ3n) is 7.10. The van der Waals surface area contributed by atoms with E-state index in [1.807, 2.05) is 65.6 Å². The Morgan fingerprint density at radius 3 is 2.40 bits per heavy atom. The van der Waals surface area contributed by atoms with Crippen LogP contribution in [0.3, 0.4) is 0 Å². The summed E-state index contributed by atoms with van der Waals surface area (Å²) >= 11 is 8.03. The van der Waals surface area contributed by atoms with Crippen LogP contribution in [0.5, 0.6) is 5.75 Å². The van der Waals surface area contributed by atoms with Crippen LogP contribution < -0.4 is 4.74 Å². The fourth-order valence-corrected chi connectivity index (χ4v) is 6.29. The SMILES string of the molecule is COC(=O)c1ccc(CO[C@H](CN2CCN(C(=O)c3sc4ccccc4c3Cl)CC2)c2cccc(OC)c2)cc1. The molecule has 7 nitrogen and oxygen atoms in total. The number of esters is 1. The van der Waals surface area contributed by atoms with Crippen LogP contribution in [0.2, 0.25) is 5.02 Å². The van der Waals surface area contributed by atoms with Crippen molar-refractivity contribution in [1.29, 1.82) is 0 Å². The summed E-state index contributed by atoms with van der Waals surface area (Å²) in [6.45, 7) is 3.73. The number of amides is 1. The smallest absolute Gasteiger partial charge is 0.337 e. The number of thiophene rings is 1. The summed E-state index contributed by atoms with van der Waals surface area (Å²) < 4.78 is 17.7. The lowest BCUT2D eigenvalue weighted by Gasteiger charge is -2.36. The lowest BCUT2D eigenvalue weighted by atomic mass is 10.1. The zero-order chi connectivity index (χ0) is 28.1. The minimum atomic E-state index is -0.367. The van der Waals surface area contributed by atoms with Crippen LogP contribution in [-0.2, 0) is 16.1 Å². The van der Waals surface area contributed by atoms with E-state index in [2.05, 4.69) is 4.90 Å². The monoisotopic (exact) mass is 578 g/mol. The van der Waals surface area contributed by atoms with E-state index in [0.29, 0.717) is 41.7 Å². The third-order valence-corrected chi connectivity index (χ3v) is 8.77. The van der Waals surface area contributed by atoms with Gasteiger partial charge in [-0.05, 0) is 41.5 Å². The van der Waals surface area contributed by atoms with Gasteiger partial charge in [-0.3, -0.25) is 9.69 Å². The van der Waals surface area contributed by atoms with Gasteiger partial charge in [-0.15, -0.1) is 11.3 Å². The summed E-state index contributed by atoms with van der Waals surface area (Å²) in [4.78, 5) is 29.9. The molecular formula is C31H31ClN2O5S. The molecule has 1 aliphatic heterocycles. The van der Waals surface area contributed by atoms with Crippen molar-refractivity contribution < 1.29 is 23.8 Å². The van der Waals surface area contributed by atoms with E-state index >= 15 is 0 Å². The van der Waals surface area contributed by atoms with Crippen LogP contribution in [0.1, 0.15) is 37.3 Å². The molecular weight excluding hydrogens is 548 g/mol. The van der Waals surface area contributed by atoms with E-state index in [4.69, 9.17) is 25.8 Å². The number of carbonyl (C=O) groups is 2. The number of hydrogen-bond donors (Lipinski definition) is 0. The molecule has 1 aromatic heterocycles. The molecule has 0 spiro atoms. The number of fused-ring (bicyclic) bond motifs is 1. The Kier molecular flexibility index (Phi) is 9.01. The molecule has 0 N–H and O–H groups in total. The van der Waals surface area contributed by atoms with Gasteiger partial charge in [-0.1, -0.05) is 54.1 Å². The lowest BCUT2D eigenvalue weighted by Crippen LogP contribution is -2.49. The van der Waals surface area contributed by atoms with Crippen molar-refractivity contribution in [3.63, 3.8) is 0 Å². The van der Waals surface area contributed by atoms with Crippen molar-refractivity contribution in [3.05, 3.63) is 99.4 Å². The maximum atomic E-state index is 13.3. The molecule has 1 atom stereocenters. The van der Waals surface area contributed by atoms with Gasteiger partial charge >= 0.3 is 5.97 Å². The first-order valence-electron chi connectivity index (χ1n) is 13.1. The first-order chi connectivity index (χ1) is 19.5. The number of ether oxygens (including phenoxy) is 3. The Hall–Kier alpha value is -3.43. The average Bonchev–Trinajstić information content (AvgIpc) is 3.35. The Bertz CT molecular complexity index is 1480. The average molecular weight is 579 g/mol. The number of nitrogens with zero attached hydrogens (tertiary/aromatic N) is 2. The Morgan fingerprint density at radius 2 is 1.70 bits per heavy atom. The molecule has 0 saturated carbocycles. The summed E-state index contributed by atoms with van der Waals surface area (Å²) in [5.74, 6) is 0.389. The quantitative estimate of drug-likeness (QED) is 0.225. The van der Waals surface area contributed by atoms with Gasteiger partial charge in [-0.25, -0.2) is 4.79 Å². The number of rotatable bonds is 9. The molecule has 9 heteroatoms. The second-order valence-electron chi connectivity index (χ2n) is 9.60. The molecule has 4 aromatic rings. The van der Waals surface area contributed by atoms with Crippen LogP contribution in [0, 0.1) is 0 Å². The van der Waals surface area contributed by atoms with E-state index in [9.17, 15) is 9.59 Å². The Balaban J connectivity index is 1.24. The molecule has 1 fully saturated rings. The van der Waals surface area contributed by atoms with Crippen LogP contribution in [0.25, 0.3) is 10.1 Å². The third kappa shape index (κ3) is 6.31. The second kappa shape index (κ2) is 12.8. The highest BCUT2D eigenvalue weighted by molar-refractivity contribution is 7.21. The highest BCUT2D eigenvalue weighted by atomic mass is 35.5. The van der Waals surface area contributed by atoms with Crippen LogP contribution in [0.15, 0.2) is 72.8 Å². The minimum Gasteiger partial charge on any atom is -0.497 e. The largest absolute Gasteiger partial charge is 0.497 e. The molecule has 2 heterocycles. The molecule has 3 aromatic carbocycles. The van der Waals surface area contributed by atoms with E-state index in [1.54, 1.807) is 19.2 Å². The number of benzene rings is 3. The van der Waals surface area contributed by atoms with Crippen molar-refractivity contribution in [2.45, 2.75) is 12.7 Å². The van der Waals surface area contributed by atoms with Crippen molar-refractivity contribution >= 4 is 44.9 Å². The van der Waals surface area contributed by atoms with Crippen molar-refractivity contribution in [2.24, 2.45) is 0 Å². The molecule has 0 radical (unpaired) electrons. The zero-order valence-corrected chi connectivity index (χ0v) is 24.0. The topological polar surface area (TPSA) is 68.3 Å². The van der Waals surface area contributed by atoms with Crippen molar-refractivity contribution in [1.82, 2.24) is 9.80 Å². The lowest BCUT2D eigenvalue weighted by molar-refractivity contribution is 0.00337. The maximum Gasteiger partial charge on any atom is 0.337 e. The zero-order valence-electron chi connectivity index (χ0n) is 22.5. The molecule has 1 aliphatic rings. The molecule has 0 bridgehead atoms. The fraction of sp³-hybridized carbons (Fsp3) is 0.290. The highest BCUT2D eigenvalue weighted by Crippen LogP contribution is 2.36. The predicted molar refractivity (Wildman–Crippen MR) is 157 cm³/mol. The van der Waals surface area contributed by atoms with Gasteiger partial charge in [0.1, 0.15) is 10.6 Å². The molecule has 0 unspecified atom stereocenters. The van der Waals surface area contributed by atoms with Gasteiger partial charge in [0.05, 0.1) is 37.5 Å². The van der Waals surface area contributed by atoms with Crippen molar-refractivity contribution in [3.8, 4) is 5.75 Å². The van der Waals surface area contributed by atoms with Gasteiger partial charge in [0.2, 0.25) is 0 Å². The Labute approximate surface area is 242 Å². The van der Waals surface area contributed by atoms with Crippen molar-refractivity contribution in [2.75, 3.05) is 46.9 Å². The first kappa shape index (κ1) is 28.1. The normalized spacial score (nSPS) is 14.7. The molecule has 5 rings (SSSR count). The number of halogens is 1. The summed E-state index contributed by atoms with van der Waals surface area (Å²) in [5.41, 5.74) is 2.47. The second-order valence-corrected chi connectivity index (χ2v) is 11.0. The number of carbonyl (C=O) groups excluding carboxylic acids is 2. The van der Waals surface area contributed by atoms with E-state index < -0.39 is 0 Å². The first-order valence-corrected chi connectivity index (χ1v) is 14.3. The van der Waals surface area contributed by atoms with Gasteiger partial charge in [-0.2, -0.15) is 0 Å². The van der Waals surface area contributed by atoms with Gasteiger partial charge in [0.15, 0.2) is 0 Å². The van der Waals surface area contributed by atoms with Gasteiger partial charge in [0.25, 0.3) is 5.91 Å². The molecule has 0 aliphatic carbocycles. The minimum absolute atomic E-state index is 0.0122. The van der Waals surface area contributed by atoms with Crippen LogP contribution in [0.4, 0.5) is 0 Å². The number of piperazine rings is 1. The van der Waals surface area contributed by atoms with Crippen LogP contribution in [-0.4, -0.2) is 68.6 Å². The summed E-state index contributed by atoms with van der Waals surface area (Å²) in [5, 5.41) is 1.47. The number of methoxy groups -OCH3 is 2. The molecule has 1 amide bonds. The molecule has 40 heavy (non-hydrogen) atoms. The summed E-state index contributed by atoms with van der Waals surface area (Å²) in [7, 11) is 3.02. The summed E-state index contributed by atoms with van der Waals surface area (Å²) in [6.07, 6.45) is -0.213. The maximum absolute atomic E-state index is 13.3. The Morgan fingerprint density at radius 1 is 0.950 bits per heavy atom. The number of hydrogen-bond acceptors (Lipinski definition) is 7. The van der Waals surface area contributed by atoms with Gasteiger partial charge < -0.3 is 19.1 Å². The van der Waals surface area contributed by atoms with E-state index in [-0.39, 0.29) is 18.0 Å². The van der Waals surface area contributed by atoms with Crippen LogP contribution >= 0.6 is 22.9 Å².